The molecule has 7 nitrogen and oxygen atoms in total. The van der Waals surface area contributed by atoms with Crippen molar-refractivity contribution in [1.82, 2.24) is 5.06 Å². The summed E-state index contributed by atoms with van der Waals surface area (Å²) in [5.41, 5.74) is 0. The Morgan fingerprint density at radius 2 is 1.86 bits per heavy atom. The highest BCUT2D eigenvalue weighted by Crippen LogP contribution is 2.11. The second-order valence-electron chi connectivity index (χ2n) is 2.36. The summed E-state index contributed by atoms with van der Waals surface area (Å²) in [6.07, 6.45) is 0.130. The molecular weight excluding hydrogens is 216 g/mol. The summed E-state index contributed by atoms with van der Waals surface area (Å²) in [7, 11) is 0. The van der Waals surface area contributed by atoms with Crippen molar-refractivity contribution in [2.75, 3.05) is 6.61 Å². The van der Waals surface area contributed by atoms with Gasteiger partial charge in [0.25, 0.3) is 11.8 Å². The van der Waals surface area contributed by atoms with Gasteiger partial charge in [-0.05, 0) is 0 Å². The lowest BCUT2D eigenvalue weighted by atomic mass is 10.4. The van der Waals surface area contributed by atoms with Crippen LogP contribution in [0.4, 0.5) is 0 Å². The molecule has 0 aliphatic carbocycles. The third kappa shape index (κ3) is 2.95. The average Bonchev–Trinajstić information content (AvgIpc) is 2.36. The molecule has 0 radical (unpaired) electrons. The fraction of sp³-hybridized carbons (Fsp3) is 0.500. The van der Waals surface area contributed by atoms with E-state index in [0.29, 0.717) is 5.06 Å². The highest BCUT2D eigenvalue weighted by atomic mass is 35.5. The van der Waals surface area contributed by atoms with Crippen molar-refractivity contribution >= 4 is 30.2 Å². The van der Waals surface area contributed by atoms with Crippen LogP contribution in [-0.4, -0.2) is 29.5 Å². The maximum atomic E-state index is 10.9. The standard InChI is InChI=1S/C6H8N2O5.ClH/c7-12-3-6(11)13-8-4(9)1-2-5(8)10;/h1-3,7H2;1H. The van der Waals surface area contributed by atoms with Crippen LogP contribution in [0.1, 0.15) is 12.8 Å². The minimum absolute atomic E-state index is 0. The first-order valence-electron chi connectivity index (χ1n) is 3.53. The van der Waals surface area contributed by atoms with Crippen molar-refractivity contribution in [3.63, 3.8) is 0 Å². The molecule has 0 bridgehead atoms. The number of nitrogens with zero attached hydrogens (tertiary/aromatic N) is 1. The molecule has 1 saturated heterocycles. The fourth-order valence-corrected chi connectivity index (χ4v) is 0.854. The summed E-state index contributed by atoms with van der Waals surface area (Å²) < 4.78 is 0. The van der Waals surface area contributed by atoms with E-state index in [4.69, 9.17) is 0 Å². The molecule has 0 spiro atoms. The Balaban J connectivity index is 0.00000169. The SMILES string of the molecule is Cl.NOCC(=O)ON1C(=O)CCC1=O. The van der Waals surface area contributed by atoms with Gasteiger partial charge < -0.3 is 4.84 Å². The Morgan fingerprint density at radius 3 is 2.29 bits per heavy atom. The predicted molar refractivity (Wildman–Crippen MR) is 44.6 cm³/mol. The van der Waals surface area contributed by atoms with Crippen LogP contribution in [-0.2, 0) is 24.1 Å². The molecule has 0 saturated carbocycles. The summed E-state index contributed by atoms with van der Waals surface area (Å²) in [5.74, 6) is 2.64. The molecule has 0 atom stereocenters. The van der Waals surface area contributed by atoms with E-state index in [-0.39, 0.29) is 25.2 Å². The lowest BCUT2D eigenvalue weighted by Crippen LogP contribution is -2.33. The van der Waals surface area contributed by atoms with Crippen molar-refractivity contribution in [3.8, 4) is 0 Å². The van der Waals surface area contributed by atoms with E-state index in [1.165, 1.54) is 0 Å². The molecule has 0 unspecified atom stereocenters. The smallest absolute Gasteiger partial charge is 0.328 e. The Morgan fingerprint density at radius 1 is 1.36 bits per heavy atom. The van der Waals surface area contributed by atoms with E-state index in [1.54, 1.807) is 0 Å². The zero-order valence-corrected chi connectivity index (χ0v) is 7.91. The van der Waals surface area contributed by atoms with Gasteiger partial charge >= 0.3 is 5.97 Å². The van der Waals surface area contributed by atoms with Gasteiger partial charge in [0, 0.05) is 12.8 Å². The molecular formula is C6H9ClN2O5. The van der Waals surface area contributed by atoms with Crippen LogP contribution < -0.4 is 5.90 Å². The van der Waals surface area contributed by atoms with Crippen molar-refractivity contribution in [1.29, 1.82) is 0 Å². The van der Waals surface area contributed by atoms with E-state index >= 15 is 0 Å². The van der Waals surface area contributed by atoms with Crippen LogP contribution in [0, 0.1) is 0 Å². The number of hydrogen-bond donors (Lipinski definition) is 1. The lowest BCUT2D eigenvalue weighted by molar-refractivity contribution is -0.200. The van der Waals surface area contributed by atoms with E-state index in [0.717, 1.165) is 0 Å². The number of halogens is 1. The second-order valence-corrected chi connectivity index (χ2v) is 2.36. The monoisotopic (exact) mass is 224 g/mol. The minimum Gasteiger partial charge on any atom is -0.328 e. The second kappa shape index (κ2) is 5.53. The zero-order valence-electron chi connectivity index (χ0n) is 7.10. The van der Waals surface area contributed by atoms with E-state index < -0.39 is 24.4 Å². The highest BCUT2D eigenvalue weighted by molar-refractivity contribution is 6.01. The fourth-order valence-electron chi connectivity index (χ4n) is 0.854. The van der Waals surface area contributed by atoms with Crippen LogP contribution in [0.15, 0.2) is 0 Å². The maximum Gasteiger partial charge on any atom is 0.360 e. The van der Waals surface area contributed by atoms with Crippen molar-refractivity contribution < 1.29 is 24.1 Å². The molecule has 1 rings (SSSR count). The number of amides is 2. The van der Waals surface area contributed by atoms with Gasteiger partial charge in [-0.15, -0.1) is 17.5 Å². The predicted octanol–water partition coefficient (Wildman–Crippen LogP) is -1.09. The molecule has 14 heavy (non-hydrogen) atoms. The van der Waals surface area contributed by atoms with Gasteiger partial charge in [0.2, 0.25) is 0 Å². The third-order valence-corrected chi connectivity index (χ3v) is 1.40. The van der Waals surface area contributed by atoms with Crippen molar-refractivity contribution in [2.45, 2.75) is 12.8 Å². The summed E-state index contributed by atoms with van der Waals surface area (Å²) in [4.78, 5) is 40.8. The number of nitrogens with two attached hydrogens (primary N) is 1. The maximum absolute atomic E-state index is 10.9. The molecule has 0 aromatic heterocycles. The van der Waals surface area contributed by atoms with Crippen LogP contribution in [0.3, 0.4) is 0 Å². The zero-order chi connectivity index (χ0) is 9.84. The molecule has 1 aliphatic heterocycles. The summed E-state index contributed by atoms with van der Waals surface area (Å²) in [5, 5.41) is 0.432. The lowest BCUT2D eigenvalue weighted by Gasteiger charge is -2.11. The van der Waals surface area contributed by atoms with E-state index in [1.807, 2.05) is 0 Å². The summed E-state index contributed by atoms with van der Waals surface area (Å²) >= 11 is 0. The van der Waals surface area contributed by atoms with Gasteiger partial charge in [-0.1, -0.05) is 0 Å². The molecule has 80 valence electrons. The Hall–Kier alpha value is -1.18. The number of carbonyl (C=O) groups is 3. The molecule has 1 aliphatic rings. The van der Waals surface area contributed by atoms with Gasteiger partial charge in [-0.2, -0.15) is 0 Å². The number of rotatable bonds is 3. The average molecular weight is 225 g/mol. The number of hydroxylamine groups is 2. The normalized spacial score (nSPS) is 15.4. The Bertz CT molecular complexity index is 241. The molecule has 1 fully saturated rings. The highest BCUT2D eigenvalue weighted by Gasteiger charge is 2.32. The largest absolute Gasteiger partial charge is 0.360 e. The van der Waals surface area contributed by atoms with E-state index in [2.05, 4.69) is 15.6 Å². The van der Waals surface area contributed by atoms with Crippen LogP contribution in [0.2, 0.25) is 0 Å². The molecule has 8 heteroatoms. The third-order valence-electron chi connectivity index (χ3n) is 1.40. The molecule has 0 aromatic carbocycles. The van der Waals surface area contributed by atoms with Crippen LogP contribution >= 0.6 is 12.4 Å². The van der Waals surface area contributed by atoms with Crippen LogP contribution in [0.5, 0.6) is 0 Å². The molecule has 1 heterocycles. The number of carbonyl (C=O) groups excluding carboxylic acids is 3. The first-order chi connectivity index (χ1) is 6.15. The summed E-state index contributed by atoms with van der Waals surface area (Å²) in [6.45, 7) is -0.503. The van der Waals surface area contributed by atoms with Crippen molar-refractivity contribution in [3.05, 3.63) is 0 Å². The first kappa shape index (κ1) is 12.8. The first-order valence-corrected chi connectivity index (χ1v) is 3.53. The van der Waals surface area contributed by atoms with Gasteiger partial charge in [-0.25, -0.2) is 10.7 Å². The number of hydrogen-bond acceptors (Lipinski definition) is 6. The topological polar surface area (TPSA) is 98.9 Å². The van der Waals surface area contributed by atoms with Gasteiger partial charge in [0.05, 0.1) is 0 Å². The van der Waals surface area contributed by atoms with Gasteiger partial charge in [-0.3, -0.25) is 14.4 Å². The van der Waals surface area contributed by atoms with Gasteiger partial charge in [0.1, 0.15) is 0 Å². The Labute approximate surface area is 85.4 Å². The van der Waals surface area contributed by atoms with Crippen molar-refractivity contribution in [2.24, 2.45) is 5.90 Å². The molecule has 2 N–H and O–H groups in total. The molecule has 0 aromatic rings. The van der Waals surface area contributed by atoms with Crippen LogP contribution in [0.25, 0.3) is 0 Å². The van der Waals surface area contributed by atoms with Gasteiger partial charge in [0.15, 0.2) is 6.61 Å². The van der Waals surface area contributed by atoms with E-state index in [9.17, 15) is 14.4 Å². The Kier molecular flexibility index (Phi) is 5.06. The molecule has 2 amide bonds. The quantitative estimate of drug-likeness (QED) is 0.483. The minimum atomic E-state index is -0.883. The summed E-state index contributed by atoms with van der Waals surface area (Å²) in [6, 6.07) is 0. The number of imide groups is 1.